The average molecular weight is 210 g/mol. The first-order chi connectivity index (χ1) is 7.22. The Bertz CT molecular complexity index is 311. The van der Waals surface area contributed by atoms with E-state index in [0.717, 1.165) is 5.69 Å². The third-order valence-electron chi connectivity index (χ3n) is 1.70. The van der Waals surface area contributed by atoms with Crippen LogP contribution in [0.5, 0.6) is 5.88 Å². The maximum absolute atomic E-state index is 10.3. The van der Waals surface area contributed by atoms with E-state index in [9.17, 15) is 4.79 Å². The molecular formula is C10H14N2O3. The number of hydrogen-bond acceptors (Lipinski definition) is 4. The van der Waals surface area contributed by atoms with Crippen LogP contribution in [0.2, 0.25) is 0 Å². The highest BCUT2D eigenvalue weighted by atomic mass is 16.5. The van der Waals surface area contributed by atoms with Crippen LogP contribution in [-0.4, -0.2) is 29.2 Å². The van der Waals surface area contributed by atoms with Crippen molar-refractivity contribution in [1.82, 2.24) is 4.98 Å². The summed E-state index contributed by atoms with van der Waals surface area (Å²) in [6.07, 6.45) is 1.71. The molecule has 1 aromatic rings. The van der Waals surface area contributed by atoms with E-state index in [2.05, 4.69) is 10.3 Å². The van der Waals surface area contributed by atoms with Crippen molar-refractivity contribution < 1.29 is 14.6 Å². The predicted octanol–water partition coefficient (Wildman–Crippen LogP) is 1.37. The average Bonchev–Trinajstić information content (AvgIpc) is 2.20. The Morgan fingerprint density at radius 2 is 2.40 bits per heavy atom. The zero-order valence-electron chi connectivity index (χ0n) is 8.56. The van der Waals surface area contributed by atoms with Gasteiger partial charge in [0.05, 0.1) is 24.9 Å². The second kappa shape index (κ2) is 5.85. The molecule has 0 amide bonds. The molecule has 0 saturated heterocycles. The summed E-state index contributed by atoms with van der Waals surface area (Å²) in [5, 5.41) is 11.4. The van der Waals surface area contributed by atoms with Crippen LogP contribution in [0.25, 0.3) is 0 Å². The van der Waals surface area contributed by atoms with E-state index in [1.165, 1.54) is 0 Å². The van der Waals surface area contributed by atoms with Crippen LogP contribution >= 0.6 is 0 Å². The third-order valence-corrected chi connectivity index (χ3v) is 1.70. The minimum absolute atomic E-state index is 0.0905. The molecule has 0 fully saturated rings. The number of ether oxygens (including phenoxy) is 1. The zero-order chi connectivity index (χ0) is 11.1. The topological polar surface area (TPSA) is 71.5 Å². The summed E-state index contributed by atoms with van der Waals surface area (Å²) in [5.74, 6) is -0.248. The van der Waals surface area contributed by atoms with Crippen molar-refractivity contribution in [2.24, 2.45) is 0 Å². The minimum atomic E-state index is -0.818. The number of nitrogens with zero attached hydrogens (tertiary/aromatic N) is 1. The lowest BCUT2D eigenvalue weighted by atomic mass is 10.4. The van der Waals surface area contributed by atoms with E-state index >= 15 is 0 Å². The van der Waals surface area contributed by atoms with Gasteiger partial charge >= 0.3 is 5.97 Å². The lowest BCUT2D eigenvalue weighted by Crippen LogP contribution is -2.07. The highest BCUT2D eigenvalue weighted by Gasteiger charge is 1.98. The normalized spacial score (nSPS) is 9.67. The van der Waals surface area contributed by atoms with Gasteiger partial charge in [0.15, 0.2) is 0 Å². The second-order valence-electron chi connectivity index (χ2n) is 2.89. The fourth-order valence-electron chi connectivity index (χ4n) is 1.03. The van der Waals surface area contributed by atoms with Crippen LogP contribution in [-0.2, 0) is 4.79 Å². The van der Waals surface area contributed by atoms with Gasteiger partial charge in [0.2, 0.25) is 5.88 Å². The number of anilines is 1. The number of hydrogen-bond donors (Lipinski definition) is 2. The molecule has 1 rings (SSSR count). The van der Waals surface area contributed by atoms with Gasteiger partial charge in [-0.05, 0) is 13.0 Å². The Morgan fingerprint density at radius 3 is 2.93 bits per heavy atom. The minimum Gasteiger partial charge on any atom is -0.481 e. The first-order valence-corrected chi connectivity index (χ1v) is 4.77. The Morgan fingerprint density at radius 1 is 1.60 bits per heavy atom. The number of aliphatic carboxylic acids is 1. The lowest BCUT2D eigenvalue weighted by Gasteiger charge is -2.05. The zero-order valence-corrected chi connectivity index (χ0v) is 8.56. The van der Waals surface area contributed by atoms with Crippen LogP contribution in [0.3, 0.4) is 0 Å². The number of carbonyl (C=O) groups is 1. The monoisotopic (exact) mass is 210 g/mol. The van der Waals surface area contributed by atoms with Crippen LogP contribution < -0.4 is 10.1 Å². The van der Waals surface area contributed by atoms with Crippen LogP contribution in [0.4, 0.5) is 5.69 Å². The maximum atomic E-state index is 10.3. The molecule has 5 heteroatoms. The molecule has 1 heterocycles. The quantitative estimate of drug-likeness (QED) is 0.741. The van der Waals surface area contributed by atoms with E-state index < -0.39 is 5.97 Å². The SMILES string of the molecule is CCOc1ccc(NCCC(=O)O)cn1. The maximum Gasteiger partial charge on any atom is 0.305 e. The van der Waals surface area contributed by atoms with Gasteiger partial charge in [0, 0.05) is 12.6 Å². The summed E-state index contributed by atoms with van der Waals surface area (Å²) >= 11 is 0. The van der Waals surface area contributed by atoms with Gasteiger partial charge < -0.3 is 15.2 Å². The summed E-state index contributed by atoms with van der Waals surface area (Å²) in [7, 11) is 0. The Labute approximate surface area is 88.1 Å². The summed E-state index contributed by atoms with van der Waals surface area (Å²) in [6, 6.07) is 3.55. The van der Waals surface area contributed by atoms with E-state index in [0.29, 0.717) is 19.0 Å². The molecule has 0 aliphatic carbocycles. The molecule has 1 aromatic heterocycles. The molecule has 0 aromatic carbocycles. The highest BCUT2D eigenvalue weighted by molar-refractivity contribution is 5.67. The number of carboxylic acids is 1. The summed E-state index contributed by atoms with van der Waals surface area (Å²) in [5.41, 5.74) is 0.791. The van der Waals surface area contributed by atoms with Crippen molar-refractivity contribution in [1.29, 1.82) is 0 Å². The molecule has 0 radical (unpaired) electrons. The van der Waals surface area contributed by atoms with Crippen molar-refractivity contribution in [3.63, 3.8) is 0 Å². The van der Waals surface area contributed by atoms with Crippen molar-refractivity contribution in [3.05, 3.63) is 18.3 Å². The first kappa shape index (κ1) is 11.3. The summed E-state index contributed by atoms with van der Waals surface area (Å²) < 4.78 is 5.17. The van der Waals surface area contributed by atoms with Crippen LogP contribution in [0, 0.1) is 0 Å². The molecule has 0 saturated carbocycles. The molecule has 0 spiro atoms. The molecule has 0 bridgehead atoms. The van der Waals surface area contributed by atoms with Crippen molar-refractivity contribution >= 4 is 11.7 Å². The fraction of sp³-hybridized carbons (Fsp3) is 0.400. The molecule has 5 nitrogen and oxygen atoms in total. The lowest BCUT2D eigenvalue weighted by molar-refractivity contribution is -0.136. The van der Waals surface area contributed by atoms with Gasteiger partial charge in [-0.25, -0.2) is 4.98 Å². The standard InChI is InChI=1S/C10H14N2O3/c1-2-15-9-4-3-8(7-12-9)11-6-5-10(13)14/h3-4,7,11H,2,5-6H2,1H3,(H,13,14). The van der Waals surface area contributed by atoms with E-state index in [1.807, 2.05) is 6.92 Å². The third kappa shape index (κ3) is 4.30. The van der Waals surface area contributed by atoms with Gasteiger partial charge in [-0.15, -0.1) is 0 Å². The number of aromatic nitrogens is 1. The molecule has 0 aliphatic rings. The molecule has 0 atom stereocenters. The fourth-order valence-corrected chi connectivity index (χ4v) is 1.03. The Kier molecular flexibility index (Phi) is 4.40. The molecule has 0 aliphatic heterocycles. The smallest absolute Gasteiger partial charge is 0.305 e. The Hall–Kier alpha value is -1.78. The summed E-state index contributed by atoms with van der Waals surface area (Å²) in [6.45, 7) is 2.87. The van der Waals surface area contributed by atoms with Crippen molar-refractivity contribution in [3.8, 4) is 5.88 Å². The highest BCUT2D eigenvalue weighted by Crippen LogP contribution is 2.11. The molecule has 2 N–H and O–H groups in total. The van der Waals surface area contributed by atoms with Crippen molar-refractivity contribution in [2.45, 2.75) is 13.3 Å². The Balaban J connectivity index is 2.39. The molecular weight excluding hydrogens is 196 g/mol. The number of carboxylic acid groups (broad SMARTS) is 1. The first-order valence-electron chi connectivity index (χ1n) is 4.77. The molecule has 15 heavy (non-hydrogen) atoms. The second-order valence-corrected chi connectivity index (χ2v) is 2.89. The van der Waals surface area contributed by atoms with E-state index in [4.69, 9.17) is 9.84 Å². The largest absolute Gasteiger partial charge is 0.481 e. The van der Waals surface area contributed by atoms with E-state index in [1.54, 1.807) is 18.3 Å². The number of nitrogens with one attached hydrogen (secondary N) is 1. The molecule has 0 unspecified atom stereocenters. The van der Waals surface area contributed by atoms with Gasteiger partial charge in [-0.2, -0.15) is 0 Å². The summed E-state index contributed by atoms with van der Waals surface area (Å²) in [4.78, 5) is 14.3. The predicted molar refractivity (Wildman–Crippen MR) is 56.1 cm³/mol. The number of pyridine rings is 1. The van der Waals surface area contributed by atoms with Gasteiger partial charge in [0.1, 0.15) is 0 Å². The van der Waals surface area contributed by atoms with Gasteiger partial charge in [-0.1, -0.05) is 0 Å². The van der Waals surface area contributed by atoms with Gasteiger partial charge in [0.25, 0.3) is 0 Å². The molecule has 82 valence electrons. The van der Waals surface area contributed by atoms with Crippen LogP contribution in [0.1, 0.15) is 13.3 Å². The number of rotatable bonds is 6. The van der Waals surface area contributed by atoms with E-state index in [-0.39, 0.29) is 6.42 Å². The van der Waals surface area contributed by atoms with Crippen LogP contribution in [0.15, 0.2) is 18.3 Å². The van der Waals surface area contributed by atoms with Crippen molar-refractivity contribution in [2.75, 3.05) is 18.5 Å². The van der Waals surface area contributed by atoms with Gasteiger partial charge in [-0.3, -0.25) is 4.79 Å².